The standard InChI is InChI=1S/C17H12ClFN4O/c18-13-7-4-8-14(19)12(13)10-20-23-17-21-15(9-16(24)22-17)11-5-2-1-3-6-11/h1-10H,(H2,21,22,23,24)/b20-10-. The summed E-state index contributed by atoms with van der Waals surface area (Å²) < 4.78 is 13.6. The SMILES string of the molecule is O=c1cc(-c2ccccc2)nc(N/N=C\c2c(F)cccc2Cl)[nH]1. The van der Waals surface area contributed by atoms with Crippen LogP contribution in [0.3, 0.4) is 0 Å². The van der Waals surface area contributed by atoms with Crippen molar-refractivity contribution >= 4 is 23.8 Å². The van der Waals surface area contributed by atoms with Gasteiger partial charge in [-0.25, -0.2) is 14.8 Å². The van der Waals surface area contributed by atoms with Crippen LogP contribution in [-0.4, -0.2) is 16.2 Å². The van der Waals surface area contributed by atoms with Gasteiger partial charge in [0.1, 0.15) is 5.82 Å². The molecule has 5 nitrogen and oxygen atoms in total. The fourth-order valence-corrected chi connectivity index (χ4v) is 2.27. The highest BCUT2D eigenvalue weighted by molar-refractivity contribution is 6.33. The number of anilines is 1. The first-order valence-corrected chi connectivity index (χ1v) is 7.41. The number of halogens is 2. The van der Waals surface area contributed by atoms with E-state index in [1.165, 1.54) is 24.4 Å². The molecule has 3 rings (SSSR count). The number of rotatable bonds is 4. The van der Waals surface area contributed by atoms with Gasteiger partial charge in [0.05, 0.1) is 16.9 Å². The van der Waals surface area contributed by atoms with Crippen molar-refractivity contribution in [3.8, 4) is 11.3 Å². The topological polar surface area (TPSA) is 70.1 Å². The van der Waals surface area contributed by atoms with Gasteiger partial charge in [0.2, 0.25) is 5.95 Å². The van der Waals surface area contributed by atoms with Crippen LogP contribution >= 0.6 is 11.6 Å². The van der Waals surface area contributed by atoms with E-state index in [0.29, 0.717) is 5.69 Å². The summed E-state index contributed by atoms with van der Waals surface area (Å²) in [5, 5.41) is 4.11. The summed E-state index contributed by atoms with van der Waals surface area (Å²) in [5.74, 6) is -0.349. The van der Waals surface area contributed by atoms with Gasteiger partial charge in [0.25, 0.3) is 5.56 Å². The Labute approximate surface area is 141 Å². The van der Waals surface area contributed by atoms with Crippen LogP contribution in [0.2, 0.25) is 5.02 Å². The Morgan fingerprint density at radius 1 is 1.17 bits per heavy atom. The van der Waals surface area contributed by atoms with Crippen molar-refractivity contribution in [1.29, 1.82) is 0 Å². The summed E-state index contributed by atoms with van der Waals surface area (Å²) in [6, 6.07) is 15.0. The molecular formula is C17H12ClFN4O. The van der Waals surface area contributed by atoms with Gasteiger partial charge >= 0.3 is 0 Å². The summed E-state index contributed by atoms with van der Waals surface area (Å²) in [4.78, 5) is 18.5. The molecule has 0 aliphatic carbocycles. The molecule has 0 unspecified atom stereocenters. The van der Waals surface area contributed by atoms with Gasteiger partial charge in [-0.15, -0.1) is 0 Å². The molecular weight excluding hydrogens is 331 g/mol. The highest BCUT2D eigenvalue weighted by Crippen LogP contribution is 2.17. The Hall–Kier alpha value is -2.99. The summed E-state index contributed by atoms with van der Waals surface area (Å²) >= 11 is 5.91. The van der Waals surface area contributed by atoms with Gasteiger partial charge in [0, 0.05) is 17.2 Å². The second-order valence-corrected chi connectivity index (χ2v) is 5.26. The van der Waals surface area contributed by atoms with E-state index in [9.17, 15) is 9.18 Å². The Bertz CT molecular complexity index is 921. The molecule has 0 radical (unpaired) electrons. The third-order valence-corrected chi connectivity index (χ3v) is 3.50. The van der Waals surface area contributed by atoms with E-state index in [2.05, 4.69) is 20.5 Å². The van der Waals surface area contributed by atoms with Gasteiger partial charge < -0.3 is 0 Å². The largest absolute Gasteiger partial charge is 0.291 e. The Kier molecular flexibility index (Phi) is 4.67. The lowest BCUT2D eigenvalue weighted by Gasteiger charge is -2.04. The lowest BCUT2D eigenvalue weighted by molar-refractivity contribution is 0.626. The third-order valence-electron chi connectivity index (χ3n) is 3.18. The first-order valence-electron chi connectivity index (χ1n) is 7.03. The average Bonchev–Trinajstić information content (AvgIpc) is 2.58. The number of nitrogens with one attached hydrogen (secondary N) is 2. The first kappa shape index (κ1) is 15.9. The molecule has 3 aromatic rings. The van der Waals surface area contributed by atoms with E-state index in [0.717, 1.165) is 5.56 Å². The number of benzene rings is 2. The van der Waals surface area contributed by atoms with Gasteiger partial charge in [0.15, 0.2) is 0 Å². The molecule has 1 aromatic heterocycles. The monoisotopic (exact) mass is 342 g/mol. The maximum Gasteiger partial charge on any atom is 0.252 e. The van der Waals surface area contributed by atoms with Crippen molar-refractivity contribution in [2.24, 2.45) is 5.10 Å². The number of hydrazone groups is 1. The van der Waals surface area contributed by atoms with E-state index in [1.54, 1.807) is 6.07 Å². The molecule has 0 aliphatic rings. The number of hydrogen-bond acceptors (Lipinski definition) is 4. The highest BCUT2D eigenvalue weighted by atomic mass is 35.5. The zero-order chi connectivity index (χ0) is 16.9. The minimum Gasteiger partial charge on any atom is -0.291 e. The molecule has 0 aliphatic heterocycles. The number of nitrogens with zero attached hydrogens (tertiary/aromatic N) is 2. The molecule has 2 N–H and O–H groups in total. The minimum atomic E-state index is -0.493. The molecule has 0 bridgehead atoms. The molecule has 0 amide bonds. The van der Waals surface area contributed by atoms with Crippen molar-refractivity contribution in [3.63, 3.8) is 0 Å². The maximum absolute atomic E-state index is 13.6. The number of H-pyrrole nitrogens is 1. The van der Waals surface area contributed by atoms with Gasteiger partial charge in [-0.1, -0.05) is 48.0 Å². The van der Waals surface area contributed by atoms with Crippen LogP contribution in [0, 0.1) is 5.82 Å². The molecule has 0 atom stereocenters. The van der Waals surface area contributed by atoms with Crippen molar-refractivity contribution in [3.05, 3.63) is 81.4 Å². The Morgan fingerprint density at radius 3 is 2.71 bits per heavy atom. The molecule has 0 spiro atoms. The van der Waals surface area contributed by atoms with Crippen LogP contribution in [0.5, 0.6) is 0 Å². The van der Waals surface area contributed by atoms with Crippen molar-refractivity contribution < 1.29 is 4.39 Å². The third kappa shape index (κ3) is 3.67. The normalized spacial score (nSPS) is 10.9. The van der Waals surface area contributed by atoms with Crippen molar-refractivity contribution in [2.45, 2.75) is 0 Å². The predicted octanol–water partition coefficient (Wildman–Crippen LogP) is 3.68. The summed E-state index contributed by atoms with van der Waals surface area (Å²) in [6.07, 6.45) is 1.23. The van der Waals surface area contributed by atoms with Crippen molar-refractivity contribution in [1.82, 2.24) is 9.97 Å². The van der Waals surface area contributed by atoms with Crippen LogP contribution in [0.4, 0.5) is 10.3 Å². The molecule has 0 fully saturated rings. The van der Waals surface area contributed by atoms with Crippen LogP contribution in [0.15, 0.2) is 64.5 Å². The molecule has 120 valence electrons. The molecule has 1 heterocycles. The summed E-state index contributed by atoms with van der Waals surface area (Å²) in [7, 11) is 0. The van der Waals surface area contributed by atoms with Gasteiger partial charge in [-0.05, 0) is 12.1 Å². The highest BCUT2D eigenvalue weighted by Gasteiger charge is 2.05. The average molecular weight is 343 g/mol. The Morgan fingerprint density at radius 2 is 1.96 bits per heavy atom. The predicted molar refractivity (Wildman–Crippen MR) is 92.9 cm³/mol. The maximum atomic E-state index is 13.6. The molecule has 2 aromatic carbocycles. The number of aromatic nitrogens is 2. The van der Waals surface area contributed by atoms with Crippen LogP contribution in [-0.2, 0) is 0 Å². The minimum absolute atomic E-state index is 0.144. The molecule has 24 heavy (non-hydrogen) atoms. The fraction of sp³-hybridized carbons (Fsp3) is 0. The number of aromatic amines is 1. The van der Waals surface area contributed by atoms with E-state index < -0.39 is 5.82 Å². The van der Waals surface area contributed by atoms with Crippen LogP contribution < -0.4 is 11.0 Å². The van der Waals surface area contributed by atoms with Crippen LogP contribution in [0.25, 0.3) is 11.3 Å². The molecule has 0 saturated carbocycles. The van der Waals surface area contributed by atoms with E-state index in [-0.39, 0.29) is 22.1 Å². The molecule has 0 saturated heterocycles. The van der Waals surface area contributed by atoms with E-state index >= 15 is 0 Å². The van der Waals surface area contributed by atoms with Crippen molar-refractivity contribution in [2.75, 3.05) is 5.43 Å². The zero-order valence-electron chi connectivity index (χ0n) is 12.3. The second kappa shape index (κ2) is 7.06. The summed E-state index contributed by atoms with van der Waals surface area (Å²) in [6.45, 7) is 0. The van der Waals surface area contributed by atoms with E-state index in [4.69, 9.17) is 11.6 Å². The lowest BCUT2D eigenvalue weighted by atomic mass is 10.1. The fourth-order valence-electron chi connectivity index (χ4n) is 2.06. The molecule has 7 heteroatoms. The summed E-state index contributed by atoms with van der Waals surface area (Å²) in [5.41, 5.74) is 3.69. The first-order chi connectivity index (χ1) is 11.6. The lowest BCUT2D eigenvalue weighted by Crippen LogP contribution is -2.10. The van der Waals surface area contributed by atoms with E-state index in [1.807, 2.05) is 30.3 Å². The second-order valence-electron chi connectivity index (χ2n) is 4.85. The van der Waals surface area contributed by atoms with Gasteiger partial charge in [-0.2, -0.15) is 5.10 Å². The zero-order valence-corrected chi connectivity index (χ0v) is 13.1. The quantitative estimate of drug-likeness (QED) is 0.561. The van der Waals surface area contributed by atoms with Gasteiger partial charge in [-0.3, -0.25) is 9.78 Å². The van der Waals surface area contributed by atoms with Crippen LogP contribution in [0.1, 0.15) is 5.56 Å². The Balaban J connectivity index is 1.85. The smallest absolute Gasteiger partial charge is 0.252 e. The number of hydrogen-bond donors (Lipinski definition) is 2.